The molecule has 2 fully saturated rings. The minimum atomic E-state index is 0.0724. The molecule has 2 saturated heterocycles. The van der Waals surface area contributed by atoms with Crippen molar-refractivity contribution in [2.24, 2.45) is 0 Å². The molecule has 7 nitrogen and oxygen atoms in total. The number of benzene rings is 2. The Morgan fingerprint density at radius 2 is 1.80 bits per heavy atom. The number of nitrogens with zero attached hydrogens (tertiary/aromatic N) is 4. The van der Waals surface area contributed by atoms with Gasteiger partial charge in [-0.2, -0.15) is 0 Å². The van der Waals surface area contributed by atoms with E-state index in [2.05, 4.69) is 27.9 Å². The van der Waals surface area contributed by atoms with Crippen LogP contribution in [0.3, 0.4) is 0 Å². The van der Waals surface area contributed by atoms with Gasteiger partial charge in [0.25, 0.3) is 5.91 Å². The summed E-state index contributed by atoms with van der Waals surface area (Å²) in [6, 6.07) is 13.9. The molecule has 0 unspecified atom stereocenters. The van der Waals surface area contributed by atoms with E-state index in [1.54, 1.807) is 12.4 Å². The molecule has 0 spiro atoms. The number of carbonyl (C=O) groups excluding carboxylic acids is 1. The first kappa shape index (κ1) is 23.3. The van der Waals surface area contributed by atoms with E-state index in [-0.39, 0.29) is 11.8 Å². The van der Waals surface area contributed by atoms with E-state index < -0.39 is 0 Å². The summed E-state index contributed by atoms with van der Waals surface area (Å²) in [6.07, 6.45) is 5.22. The molecule has 2 aromatic carbocycles. The summed E-state index contributed by atoms with van der Waals surface area (Å²) in [4.78, 5) is 27.1. The van der Waals surface area contributed by atoms with Gasteiger partial charge in [-0.25, -0.2) is 4.98 Å². The number of anilines is 1. The standard InChI is InChI=1S/C28H32N4O3/c1-20-7-3-4-11-25(20)35-27-26(29-12-13-30-27)22-8-6-14-32(19-22)28(33)23-9-5-10-24(21(23)2)31-15-17-34-18-16-31/h3-5,7,9-13,22H,6,8,14-19H2,1-2H3/t22-/m1/s1. The van der Waals surface area contributed by atoms with E-state index >= 15 is 0 Å². The van der Waals surface area contributed by atoms with Crippen molar-refractivity contribution in [3.05, 3.63) is 77.2 Å². The number of morpholine rings is 1. The highest BCUT2D eigenvalue weighted by Gasteiger charge is 2.30. The number of carbonyl (C=O) groups is 1. The fraction of sp³-hybridized carbons (Fsp3) is 0.393. The van der Waals surface area contributed by atoms with Crippen molar-refractivity contribution in [3.63, 3.8) is 0 Å². The molecule has 3 aromatic rings. The SMILES string of the molecule is Cc1ccccc1Oc1nccnc1[C@@H]1CCCN(C(=O)c2cccc(N3CCOCC3)c2C)C1. The summed E-state index contributed by atoms with van der Waals surface area (Å²) in [5.74, 6) is 1.44. The van der Waals surface area contributed by atoms with Gasteiger partial charge in [0.05, 0.1) is 13.2 Å². The maximum Gasteiger partial charge on any atom is 0.254 e. The van der Waals surface area contributed by atoms with E-state index in [4.69, 9.17) is 9.47 Å². The van der Waals surface area contributed by atoms with Crippen molar-refractivity contribution in [1.29, 1.82) is 0 Å². The summed E-state index contributed by atoms with van der Waals surface area (Å²) in [5.41, 5.74) is 4.78. The highest BCUT2D eigenvalue weighted by atomic mass is 16.5. The van der Waals surface area contributed by atoms with Crippen LogP contribution in [0.2, 0.25) is 0 Å². The number of rotatable bonds is 5. The second-order valence-corrected chi connectivity index (χ2v) is 9.25. The summed E-state index contributed by atoms with van der Waals surface area (Å²) < 4.78 is 11.7. The molecule has 1 atom stereocenters. The first-order chi connectivity index (χ1) is 17.1. The van der Waals surface area contributed by atoms with Crippen molar-refractivity contribution in [2.75, 3.05) is 44.3 Å². The molecule has 0 radical (unpaired) electrons. The summed E-state index contributed by atoms with van der Waals surface area (Å²) >= 11 is 0. The third kappa shape index (κ3) is 5.00. The van der Waals surface area contributed by atoms with E-state index in [9.17, 15) is 4.79 Å². The molecule has 0 bridgehead atoms. The first-order valence-electron chi connectivity index (χ1n) is 12.4. The quantitative estimate of drug-likeness (QED) is 0.534. The predicted molar refractivity (Wildman–Crippen MR) is 135 cm³/mol. The van der Waals surface area contributed by atoms with Crippen LogP contribution in [0.5, 0.6) is 11.6 Å². The summed E-state index contributed by atoms with van der Waals surface area (Å²) in [5, 5.41) is 0. The maximum absolute atomic E-state index is 13.7. The number of piperidine rings is 1. The number of aryl methyl sites for hydroxylation is 1. The highest BCUT2D eigenvalue weighted by Crippen LogP contribution is 2.34. The highest BCUT2D eigenvalue weighted by molar-refractivity contribution is 5.97. The van der Waals surface area contributed by atoms with E-state index in [0.717, 1.165) is 79.5 Å². The molecule has 0 N–H and O–H groups in total. The second-order valence-electron chi connectivity index (χ2n) is 9.25. The Hall–Kier alpha value is -3.45. The van der Waals surface area contributed by atoms with E-state index in [0.29, 0.717) is 12.4 Å². The van der Waals surface area contributed by atoms with Crippen LogP contribution >= 0.6 is 0 Å². The molecule has 5 rings (SSSR count). The topological polar surface area (TPSA) is 67.8 Å². The van der Waals surface area contributed by atoms with Crippen LogP contribution in [0.15, 0.2) is 54.9 Å². The van der Waals surface area contributed by atoms with Crippen LogP contribution in [0, 0.1) is 13.8 Å². The molecule has 0 aliphatic carbocycles. The van der Waals surface area contributed by atoms with Gasteiger partial charge in [0.1, 0.15) is 11.4 Å². The zero-order valence-corrected chi connectivity index (χ0v) is 20.4. The minimum Gasteiger partial charge on any atom is -0.437 e. The smallest absolute Gasteiger partial charge is 0.254 e. The van der Waals surface area contributed by atoms with Gasteiger partial charge >= 0.3 is 0 Å². The van der Waals surface area contributed by atoms with Gasteiger partial charge in [-0.05, 0) is 56.0 Å². The first-order valence-corrected chi connectivity index (χ1v) is 12.4. The van der Waals surface area contributed by atoms with Crippen LogP contribution in [0.4, 0.5) is 5.69 Å². The number of likely N-dealkylation sites (tertiary alicyclic amines) is 1. The average Bonchev–Trinajstić information content (AvgIpc) is 2.91. The number of hydrogen-bond donors (Lipinski definition) is 0. The number of amides is 1. The van der Waals surface area contributed by atoms with Crippen LogP contribution in [-0.2, 0) is 4.74 Å². The number of hydrogen-bond acceptors (Lipinski definition) is 6. The van der Waals surface area contributed by atoms with Gasteiger partial charge < -0.3 is 19.3 Å². The van der Waals surface area contributed by atoms with Gasteiger partial charge in [0.15, 0.2) is 0 Å². The minimum absolute atomic E-state index is 0.0724. The van der Waals surface area contributed by atoms with Gasteiger partial charge in [-0.1, -0.05) is 24.3 Å². The molecular weight excluding hydrogens is 440 g/mol. The fourth-order valence-corrected chi connectivity index (χ4v) is 5.03. The van der Waals surface area contributed by atoms with E-state index in [1.807, 2.05) is 48.2 Å². The Morgan fingerprint density at radius 1 is 1.00 bits per heavy atom. The molecule has 1 aromatic heterocycles. The third-order valence-corrected chi connectivity index (χ3v) is 6.97. The molecule has 182 valence electrons. The normalized spacial score (nSPS) is 18.4. The number of para-hydroxylation sites is 1. The molecular formula is C28H32N4O3. The summed E-state index contributed by atoms with van der Waals surface area (Å²) in [6.45, 7) is 8.54. The van der Waals surface area contributed by atoms with Crippen LogP contribution in [-0.4, -0.2) is 60.2 Å². The van der Waals surface area contributed by atoms with Gasteiger partial charge in [-0.3, -0.25) is 9.78 Å². The van der Waals surface area contributed by atoms with Crippen LogP contribution in [0.1, 0.15) is 45.9 Å². The Kier molecular flexibility index (Phi) is 6.95. The third-order valence-electron chi connectivity index (χ3n) is 6.97. The zero-order valence-electron chi connectivity index (χ0n) is 20.4. The lowest BCUT2D eigenvalue weighted by Gasteiger charge is -2.34. The van der Waals surface area contributed by atoms with Crippen molar-refractivity contribution in [3.8, 4) is 11.6 Å². The van der Waals surface area contributed by atoms with Crippen molar-refractivity contribution in [2.45, 2.75) is 32.6 Å². The molecule has 0 saturated carbocycles. The molecule has 35 heavy (non-hydrogen) atoms. The monoisotopic (exact) mass is 472 g/mol. The van der Waals surface area contributed by atoms with Crippen molar-refractivity contribution >= 4 is 11.6 Å². The largest absolute Gasteiger partial charge is 0.437 e. The number of ether oxygens (including phenoxy) is 2. The Balaban J connectivity index is 1.36. The van der Waals surface area contributed by atoms with Crippen molar-refractivity contribution < 1.29 is 14.3 Å². The van der Waals surface area contributed by atoms with Crippen LogP contribution < -0.4 is 9.64 Å². The molecule has 2 aliphatic heterocycles. The van der Waals surface area contributed by atoms with Crippen molar-refractivity contribution in [1.82, 2.24) is 14.9 Å². The van der Waals surface area contributed by atoms with Crippen LogP contribution in [0.25, 0.3) is 0 Å². The Morgan fingerprint density at radius 3 is 2.63 bits per heavy atom. The van der Waals surface area contributed by atoms with E-state index in [1.165, 1.54) is 0 Å². The number of aromatic nitrogens is 2. The molecule has 1 amide bonds. The Bertz CT molecular complexity index is 1190. The van der Waals surface area contributed by atoms with Gasteiger partial charge in [0, 0.05) is 55.7 Å². The lowest BCUT2D eigenvalue weighted by Crippen LogP contribution is -2.40. The second kappa shape index (κ2) is 10.4. The summed E-state index contributed by atoms with van der Waals surface area (Å²) in [7, 11) is 0. The molecule has 2 aliphatic rings. The Labute approximate surface area is 206 Å². The lowest BCUT2D eigenvalue weighted by molar-refractivity contribution is 0.0704. The van der Waals surface area contributed by atoms with Gasteiger partial charge in [-0.15, -0.1) is 0 Å². The maximum atomic E-state index is 13.7. The lowest BCUT2D eigenvalue weighted by atomic mass is 9.93. The fourth-order valence-electron chi connectivity index (χ4n) is 5.03. The van der Waals surface area contributed by atoms with Gasteiger partial charge in [0.2, 0.25) is 5.88 Å². The zero-order chi connectivity index (χ0) is 24.2. The average molecular weight is 473 g/mol. The predicted octanol–water partition coefficient (Wildman–Crippen LogP) is 4.74. The molecule has 7 heteroatoms. The molecule has 3 heterocycles.